The van der Waals surface area contributed by atoms with E-state index in [1.54, 1.807) is 0 Å². The van der Waals surface area contributed by atoms with Crippen LogP contribution in [0.2, 0.25) is 0 Å². The second-order valence-electron chi connectivity index (χ2n) is 4.91. The molecule has 0 bridgehead atoms. The van der Waals surface area contributed by atoms with Crippen molar-refractivity contribution in [3.05, 3.63) is 41.3 Å². The van der Waals surface area contributed by atoms with Crippen LogP contribution in [0.4, 0.5) is 0 Å². The van der Waals surface area contributed by atoms with Gasteiger partial charge in [-0.15, -0.1) is 0 Å². The number of hydrogen-bond donors (Lipinski definition) is 0. The van der Waals surface area contributed by atoms with E-state index in [1.807, 2.05) is 0 Å². The Kier molecular flexibility index (Phi) is 1.94. The molecule has 1 aliphatic carbocycles. The molecule has 0 aliphatic heterocycles. The van der Waals surface area contributed by atoms with E-state index in [0.29, 0.717) is 0 Å². The Bertz CT molecular complexity index is 315. The number of hydrogen-bond acceptors (Lipinski definition) is 0. The van der Waals surface area contributed by atoms with Crippen molar-refractivity contribution in [2.24, 2.45) is 0 Å². The molecular formula is C13H17. The molecule has 0 saturated heterocycles. The summed E-state index contributed by atoms with van der Waals surface area (Å²) in [6.07, 6.45) is 4.80. The van der Waals surface area contributed by atoms with E-state index in [9.17, 15) is 0 Å². The Morgan fingerprint density at radius 1 is 1.15 bits per heavy atom. The molecule has 0 aromatic heterocycles. The van der Waals surface area contributed by atoms with Gasteiger partial charge in [0.1, 0.15) is 0 Å². The average Bonchev–Trinajstić information content (AvgIpc) is 2.47. The summed E-state index contributed by atoms with van der Waals surface area (Å²) >= 11 is 0. The van der Waals surface area contributed by atoms with Gasteiger partial charge < -0.3 is 0 Å². The molecule has 0 amide bonds. The molecule has 0 heteroatoms. The Labute approximate surface area is 81.0 Å². The molecule has 0 atom stereocenters. The molecule has 0 heterocycles. The topological polar surface area (TPSA) is 0 Å². The maximum atomic E-state index is 2.37. The van der Waals surface area contributed by atoms with Gasteiger partial charge in [0.25, 0.3) is 0 Å². The van der Waals surface area contributed by atoms with Crippen LogP contribution in [0.15, 0.2) is 18.2 Å². The van der Waals surface area contributed by atoms with Gasteiger partial charge in [-0.25, -0.2) is 0 Å². The lowest BCUT2D eigenvalue weighted by atomic mass is 9.85. The zero-order chi connectivity index (χ0) is 9.47. The smallest absolute Gasteiger partial charge is 0.00870 e. The molecular weight excluding hydrogens is 156 g/mol. The molecule has 0 N–H and O–H groups in total. The summed E-state index contributed by atoms with van der Waals surface area (Å²) in [6, 6.07) is 6.91. The van der Waals surface area contributed by atoms with Crippen LogP contribution in [0.1, 0.15) is 43.9 Å². The first-order valence-electron chi connectivity index (χ1n) is 5.04. The molecule has 0 saturated carbocycles. The minimum Gasteiger partial charge on any atom is -0.0582 e. The van der Waals surface area contributed by atoms with Crippen LogP contribution in [0.5, 0.6) is 0 Å². The zero-order valence-corrected chi connectivity index (χ0v) is 8.72. The monoisotopic (exact) mass is 173 g/mol. The second kappa shape index (κ2) is 2.87. The highest BCUT2D eigenvalue weighted by Crippen LogP contribution is 2.29. The quantitative estimate of drug-likeness (QED) is 0.563. The fourth-order valence-corrected chi connectivity index (χ4v) is 1.87. The third kappa shape index (κ3) is 1.63. The highest BCUT2D eigenvalue weighted by Gasteiger charge is 2.17. The largest absolute Gasteiger partial charge is 0.0582 e. The van der Waals surface area contributed by atoms with E-state index >= 15 is 0 Å². The van der Waals surface area contributed by atoms with Crippen LogP contribution in [-0.2, 0) is 11.8 Å². The van der Waals surface area contributed by atoms with Crippen molar-refractivity contribution >= 4 is 0 Å². The van der Waals surface area contributed by atoms with Crippen LogP contribution in [0.3, 0.4) is 0 Å². The van der Waals surface area contributed by atoms with Crippen LogP contribution >= 0.6 is 0 Å². The molecule has 2 rings (SSSR count). The fraction of sp³-hybridized carbons (Fsp3) is 0.462. The average molecular weight is 173 g/mol. The summed E-state index contributed by atoms with van der Waals surface area (Å²) in [5, 5.41) is 0. The predicted molar refractivity (Wildman–Crippen MR) is 56.9 cm³/mol. The first-order chi connectivity index (χ1) is 6.07. The van der Waals surface area contributed by atoms with Crippen molar-refractivity contribution in [3.8, 4) is 0 Å². The van der Waals surface area contributed by atoms with E-state index in [2.05, 4.69) is 45.4 Å². The fourth-order valence-electron chi connectivity index (χ4n) is 1.87. The SMILES string of the molecule is CC(C)(C)c1ccc2c(c1)CC[CH]2. The maximum Gasteiger partial charge on any atom is -0.00870 e. The maximum absolute atomic E-state index is 2.37. The lowest BCUT2D eigenvalue weighted by Gasteiger charge is -2.19. The van der Waals surface area contributed by atoms with E-state index in [0.717, 1.165) is 0 Å². The van der Waals surface area contributed by atoms with Crippen molar-refractivity contribution in [1.29, 1.82) is 0 Å². The number of benzene rings is 1. The second-order valence-corrected chi connectivity index (χ2v) is 4.91. The molecule has 69 valence electrons. The highest BCUT2D eigenvalue weighted by molar-refractivity contribution is 5.42. The Balaban J connectivity index is 2.42. The third-order valence-electron chi connectivity index (χ3n) is 2.79. The van der Waals surface area contributed by atoms with E-state index in [-0.39, 0.29) is 5.41 Å². The van der Waals surface area contributed by atoms with Gasteiger partial charge in [0.15, 0.2) is 0 Å². The summed E-state index contributed by atoms with van der Waals surface area (Å²) in [5.41, 5.74) is 4.74. The van der Waals surface area contributed by atoms with Gasteiger partial charge in [0.2, 0.25) is 0 Å². The molecule has 1 radical (unpaired) electrons. The first kappa shape index (κ1) is 8.80. The van der Waals surface area contributed by atoms with E-state index in [1.165, 1.54) is 29.5 Å². The van der Waals surface area contributed by atoms with Crippen molar-refractivity contribution < 1.29 is 0 Å². The molecule has 0 unspecified atom stereocenters. The number of rotatable bonds is 0. The molecule has 13 heavy (non-hydrogen) atoms. The molecule has 0 fully saturated rings. The van der Waals surface area contributed by atoms with Crippen LogP contribution in [0.25, 0.3) is 0 Å². The van der Waals surface area contributed by atoms with Crippen molar-refractivity contribution in [1.82, 2.24) is 0 Å². The molecule has 1 aromatic rings. The lowest BCUT2D eigenvalue weighted by molar-refractivity contribution is 0.589. The molecule has 0 nitrogen and oxygen atoms in total. The minimum absolute atomic E-state index is 0.289. The van der Waals surface area contributed by atoms with Crippen molar-refractivity contribution in [2.45, 2.75) is 39.0 Å². The third-order valence-corrected chi connectivity index (χ3v) is 2.79. The summed E-state index contributed by atoms with van der Waals surface area (Å²) < 4.78 is 0. The number of fused-ring (bicyclic) bond motifs is 1. The minimum atomic E-state index is 0.289. The molecule has 1 aromatic carbocycles. The van der Waals surface area contributed by atoms with Gasteiger partial charge in [-0.1, -0.05) is 39.0 Å². The lowest BCUT2D eigenvalue weighted by Crippen LogP contribution is -2.11. The Morgan fingerprint density at radius 2 is 1.92 bits per heavy atom. The van der Waals surface area contributed by atoms with Gasteiger partial charge in [-0.2, -0.15) is 0 Å². The predicted octanol–water partition coefficient (Wildman–Crippen LogP) is 3.48. The van der Waals surface area contributed by atoms with Gasteiger partial charge >= 0.3 is 0 Å². The van der Waals surface area contributed by atoms with Gasteiger partial charge in [0.05, 0.1) is 0 Å². The normalized spacial score (nSPS) is 15.9. The molecule has 1 aliphatic rings. The van der Waals surface area contributed by atoms with Crippen LogP contribution in [-0.4, -0.2) is 0 Å². The summed E-state index contributed by atoms with van der Waals surface area (Å²) in [4.78, 5) is 0. The Morgan fingerprint density at radius 3 is 2.62 bits per heavy atom. The van der Waals surface area contributed by atoms with Gasteiger partial charge in [-0.05, 0) is 41.4 Å². The summed E-state index contributed by atoms with van der Waals surface area (Å²) in [7, 11) is 0. The highest BCUT2D eigenvalue weighted by atomic mass is 14.2. The number of aryl methyl sites for hydroxylation is 1. The first-order valence-corrected chi connectivity index (χ1v) is 5.04. The van der Waals surface area contributed by atoms with Gasteiger partial charge in [-0.3, -0.25) is 0 Å². The van der Waals surface area contributed by atoms with Crippen molar-refractivity contribution in [2.75, 3.05) is 0 Å². The van der Waals surface area contributed by atoms with E-state index < -0.39 is 0 Å². The molecule has 0 spiro atoms. The Hall–Kier alpha value is -0.780. The van der Waals surface area contributed by atoms with Crippen LogP contribution < -0.4 is 0 Å². The van der Waals surface area contributed by atoms with Gasteiger partial charge in [0, 0.05) is 0 Å². The summed E-state index contributed by atoms with van der Waals surface area (Å²) in [6.45, 7) is 6.81. The van der Waals surface area contributed by atoms with Crippen molar-refractivity contribution in [3.63, 3.8) is 0 Å². The van der Waals surface area contributed by atoms with E-state index in [4.69, 9.17) is 0 Å². The zero-order valence-electron chi connectivity index (χ0n) is 8.72. The van der Waals surface area contributed by atoms with Crippen LogP contribution in [0, 0.1) is 6.42 Å². The summed E-state index contributed by atoms with van der Waals surface area (Å²) in [5.74, 6) is 0. The standard InChI is InChI=1S/C13H17/c1-13(2,3)12-8-7-10-5-4-6-11(10)9-12/h5,7-9H,4,6H2,1-3H3.